The molecule has 0 aliphatic rings. The molecule has 1 aromatic carbocycles. The predicted octanol–water partition coefficient (Wildman–Crippen LogP) is 2.31. The van der Waals surface area contributed by atoms with Gasteiger partial charge in [-0.3, -0.25) is 0 Å². The van der Waals surface area contributed by atoms with Crippen molar-refractivity contribution in [2.24, 2.45) is 0 Å². The molecule has 2 nitrogen and oxygen atoms in total. The third-order valence-electron chi connectivity index (χ3n) is 1.85. The first-order valence-corrected chi connectivity index (χ1v) is 5.84. The number of aliphatic hydroxyl groups is 1. The molecule has 1 rings (SSSR count). The number of thioether (sulfide) groups is 1. The van der Waals surface area contributed by atoms with Crippen LogP contribution in [0.1, 0.15) is 12.0 Å². The van der Waals surface area contributed by atoms with Crippen LogP contribution < -0.4 is 4.74 Å². The fraction of sp³-hybridized carbons (Fsp3) is 0.455. The minimum absolute atomic E-state index is 0.283. The van der Waals surface area contributed by atoms with E-state index < -0.39 is 0 Å². The van der Waals surface area contributed by atoms with Crippen molar-refractivity contribution in [1.82, 2.24) is 0 Å². The maximum atomic E-state index is 8.61. The Labute approximate surface area is 89.3 Å². The molecular formula is C11H16O2S. The molecule has 0 unspecified atom stereocenters. The molecule has 0 atom stereocenters. The molecule has 14 heavy (non-hydrogen) atoms. The maximum Gasteiger partial charge on any atom is 0.119 e. The Morgan fingerprint density at radius 2 is 2.29 bits per heavy atom. The van der Waals surface area contributed by atoms with Gasteiger partial charge in [0.2, 0.25) is 0 Å². The van der Waals surface area contributed by atoms with E-state index in [-0.39, 0.29) is 6.61 Å². The zero-order valence-corrected chi connectivity index (χ0v) is 9.22. The lowest BCUT2D eigenvalue weighted by atomic mass is 10.2. The summed E-state index contributed by atoms with van der Waals surface area (Å²) in [5.41, 5.74) is 1.27. The van der Waals surface area contributed by atoms with Crippen LogP contribution in [0.25, 0.3) is 0 Å². The van der Waals surface area contributed by atoms with E-state index in [1.807, 2.05) is 30.0 Å². The molecule has 0 aliphatic heterocycles. The fourth-order valence-electron chi connectivity index (χ4n) is 1.12. The van der Waals surface area contributed by atoms with Gasteiger partial charge >= 0.3 is 0 Å². The third-order valence-corrected chi connectivity index (χ3v) is 2.96. The molecule has 0 amide bonds. The van der Waals surface area contributed by atoms with Crippen molar-refractivity contribution in [3.8, 4) is 5.75 Å². The Morgan fingerprint density at radius 3 is 3.00 bits per heavy atom. The molecule has 78 valence electrons. The van der Waals surface area contributed by atoms with Gasteiger partial charge in [-0.2, -0.15) is 11.8 Å². The molecule has 1 aromatic rings. The van der Waals surface area contributed by atoms with E-state index in [1.165, 1.54) is 5.56 Å². The van der Waals surface area contributed by atoms with Crippen LogP contribution in [0.15, 0.2) is 24.3 Å². The maximum absolute atomic E-state index is 8.61. The summed E-state index contributed by atoms with van der Waals surface area (Å²) >= 11 is 1.83. The van der Waals surface area contributed by atoms with Crippen LogP contribution in [0.2, 0.25) is 0 Å². The van der Waals surface area contributed by atoms with Crippen molar-refractivity contribution in [2.75, 3.05) is 19.5 Å². The molecule has 3 heteroatoms. The van der Waals surface area contributed by atoms with Crippen molar-refractivity contribution in [2.45, 2.75) is 12.2 Å². The normalized spacial score (nSPS) is 10.1. The van der Waals surface area contributed by atoms with Gasteiger partial charge in [-0.15, -0.1) is 0 Å². The first-order chi connectivity index (χ1) is 6.86. The average Bonchev–Trinajstić information content (AvgIpc) is 2.25. The van der Waals surface area contributed by atoms with E-state index in [9.17, 15) is 0 Å². The minimum Gasteiger partial charge on any atom is -0.497 e. The van der Waals surface area contributed by atoms with E-state index >= 15 is 0 Å². The van der Waals surface area contributed by atoms with Crippen LogP contribution in [-0.2, 0) is 5.75 Å². The van der Waals surface area contributed by atoms with E-state index in [4.69, 9.17) is 9.84 Å². The van der Waals surface area contributed by atoms with Crippen LogP contribution in [0.5, 0.6) is 5.75 Å². The highest BCUT2D eigenvalue weighted by Crippen LogP contribution is 2.17. The molecule has 0 radical (unpaired) electrons. The second-order valence-electron chi connectivity index (χ2n) is 2.98. The van der Waals surface area contributed by atoms with Gasteiger partial charge in [-0.1, -0.05) is 12.1 Å². The monoisotopic (exact) mass is 212 g/mol. The third kappa shape index (κ3) is 4.03. The van der Waals surface area contributed by atoms with Crippen LogP contribution in [-0.4, -0.2) is 24.6 Å². The first kappa shape index (κ1) is 11.4. The van der Waals surface area contributed by atoms with Crippen LogP contribution >= 0.6 is 11.8 Å². The highest BCUT2D eigenvalue weighted by molar-refractivity contribution is 7.98. The minimum atomic E-state index is 0.283. The molecule has 0 heterocycles. The molecule has 0 spiro atoms. The number of benzene rings is 1. The van der Waals surface area contributed by atoms with Crippen molar-refractivity contribution >= 4 is 11.8 Å². The average molecular weight is 212 g/mol. The fourth-order valence-corrected chi connectivity index (χ4v) is 2.01. The summed E-state index contributed by atoms with van der Waals surface area (Å²) in [6, 6.07) is 8.09. The molecule has 0 fully saturated rings. The topological polar surface area (TPSA) is 29.5 Å². The van der Waals surface area contributed by atoms with Gasteiger partial charge in [0.1, 0.15) is 5.75 Å². The first-order valence-electron chi connectivity index (χ1n) is 4.68. The largest absolute Gasteiger partial charge is 0.497 e. The number of ether oxygens (including phenoxy) is 1. The van der Waals surface area contributed by atoms with E-state index in [0.717, 1.165) is 23.7 Å². The number of methoxy groups -OCH3 is 1. The van der Waals surface area contributed by atoms with E-state index in [1.54, 1.807) is 7.11 Å². The van der Waals surface area contributed by atoms with Crippen LogP contribution in [0.3, 0.4) is 0 Å². The molecule has 0 saturated heterocycles. The van der Waals surface area contributed by atoms with Crippen molar-refractivity contribution in [3.05, 3.63) is 29.8 Å². The molecule has 1 N–H and O–H groups in total. The summed E-state index contributed by atoms with van der Waals surface area (Å²) in [6.07, 6.45) is 0.870. The summed E-state index contributed by atoms with van der Waals surface area (Å²) in [5, 5.41) is 8.61. The molecule has 0 saturated carbocycles. The Morgan fingerprint density at radius 1 is 1.43 bits per heavy atom. The summed E-state index contributed by atoms with van der Waals surface area (Å²) < 4.78 is 5.13. The molecule has 0 aromatic heterocycles. The highest BCUT2D eigenvalue weighted by Gasteiger charge is 1.95. The highest BCUT2D eigenvalue weighted by atomic mass is 32.2. The number of rotatable bonds is 6. The molecule has 0 bridgehead atoms. The van der Waals surface area contributed by atoms with Crippen molar-refractivity contribution in [1.29, 1.82) is 0 Å². The summed E-state index contributed by atoms with van der Waals surface area (Å²) in [7, 11) is 1.68. The van der Waals surface area contributed by atoms with Gasteiger partial charge < -0.3 is 9.84 Å². The van der Waals surface area contributed by atoms with Gasteiger partial charge in [-0.05, 0) is 29.9 Å². The van der Waals surface area contributed by atoms with E-state index in [0.29, 0.717) is 0 Å². The zero-order valence-electron chi connectivity index (χ0n) is 8.40. The van der Waals surface area contributed by atoms with Gasteiger partial charge in [0.05, 0.1) is 7.11 Å². The standard InChI is InChI=1S/C11H16O2S/c1-13-11-5-2-4-10(8-11)9-14-7-3-6-12/h2,4-5,8,12H,3,6-7,9H2,1H3. The van der Waals surface area contributed by atoms with Gasteiger partial charge in [-0.25, -0.2) is 0 Å². The Hall–Kier alpha value is -0.670. The van der Waals surface area contributed by atoms with Crippen LogP contribution in [0.4, 0.5) is 0 Å². The van der Waals surface area contributed by atoms with Gasteiger partial charge in [0, 0.05) is 12.4 Å². The summed E-state index contributed by atoms with van der Waals surface area (Å²) in [5.74, 6) is 2.90. The van der Waals surface area contributed by atoms with Crippen molar-refractivity contribution in [3.63, 3.8) is 0 Å². The molecular weight excluding hydrogens is 196 g/mol. The van der Waals surface area contributed by atoms with Gasteiger partial charge in [0.25, 0.3) is 0 Å². The van der Waals surface area contributed by atoms with Gasteiger partial charge in [0.15, 0.2) is 0 Å². The van der Waals surface area contributed by atoms with Crippen LogP contribution in [0, 0.1) is 0 Å². The van der Waals surface area contributed by atoms with Crippen molar-refractivity contribution < 1.29 is 9.84 Å². The Bertz CT molecular complexity index is 263. The number of hydrogen-bond donors (Lipinski definition) is 1. The lowest BCUT2D eigenvalue weighted by molar-refractivity contribution is 0.296. The lowest BCUT2D eigenvalue weighted by Crippen LogP contribution is -1.88. The predicted molar refractivity (Wildman–Crippen MR) is 60.9 cm³/mol. The second-order valence-corrected chi connectivity index (χ2v) is 4.09. The summed E-state index contributed by atoms with van der Waals surface area (Å²) in [6.45, 7) is 0.283. The second kappa shape index (κ2) is 6.74. The SMILES string of the molecule is COc1cccc(CSCCCO)c1. The quantitative estimate of drug-likeness (QED) is 0.734. The number of hydrogen-bond acceptors (Lipinski definition) is 3. The zero-order chi connectivity index (χ0) is 10.2. The molecule has 0 aliphatic carbocycles. The van der Waals surface area contributed by atoms with E-state index in [2.05, 4.69) is 6.07 Å². The Kier molecular flexibility index (Phi) is 5.49. The lowest BCUT2D eigenvalue weighted by Gasteiger charge is -2.03. The summed E-state index contributed by atoms with van der Waals surface area (Å²) in [4.78, 5) is 0. The number of aliphatic hydroxyl groups excluding tert-OH is 1. The Balaban J connectivity index is 2.34. The smallest absolute Gasteiger partial charge is 0.119 e.